The zero-order chi connectivity index (χ0) is 20.2. The highest BCUT2D eigenvalue weighted by molar-refractivity contribution is 7.89. The number of amides is 1. The van der Waals surface area contributed by atoms with Crippen LogP contribution in [0.4, 0.5) is 0 Å². The van der Waals surface area contributed by atoms with Crippen LogP contribution in [0.3, 0.4) is 0 Å². The van der Waals surface area contributed by atoms with Gasteiger partial charge in [0, 0.05) is 32.1 Å². The van der Waals surface area contributed by atoms with E-state index in [-0.39, 0.29) is 10.8 Å². The third kappa shape index (κ3) is 3.36. The summed E-state index contributed by atoms with van der Waals surface area (Å²) in [5, 5.41) is 0. The number of nitrogens with zero attached hydrogens (tertiary/aromatic N) is 2. The molecule has 5 aliphatic rings. The van der Waals surface area contributed by atoms with Crippen LogP contribution in [0.25, 0.3) is 0 Å². The fourth-order valence-corrected chi connectivity index (χ4v) is 8.01. The minimum atomic E-state index is -3.54. The van der Waals surface area contributed by atoms with E-state index in [1.807, 2.05) is 4.90 Å². The third-order valence-electron chi connectivity index (χ3n) is 7.76. The van der Waals surface area contributed by atoms with Crippen molar-refractivity contribution in [2.75, 3.05) is 33.3 Å². The van der Waals surface area contributed by atoms with Crippen molar-refractivity contribution in [1.82, 2.24) is 9.21 Å². The molecule has 0 aromatic heterocycles. The molecule has 1 aromatic rings. The van der Waals surface area contributed by atoms with Crippen molar-refractivity contribution in [1.29, 1.82) is 0 Å². The molecule has 0 radical (unpaired) electrons. The van der Waals surface area contributed by atoms with Crippen molar-refractivity contribution in [3.63, 3.8) is 0 Å². The number of benzene rings is 1. The summed E-state index contributed by atoms with van der Waals surface area (Å²) in [4.78, 5) is 15.5. The molecule has 7 heteroatoms. The lowest BCUT2D eigenvalue weighted by molar-refractivity contribution is -0.150. The van der Waals surface area contributed by atoms with Gasteiger partial charge in [0.2, 0.25) is 15.9 Å². The Morgan fingerprint density at radius 1 is 0.897 bits per heavy atom. The minimum Gasteiger partial charge on any atom is -0.497 e. The van der Waals surface area contributed by atoms with E-state index in [1.165, 1.54) is 36.4 Å². The Labute approximate surface area is 173 Å². The van der Waals surface area contributed by atoms with Crippen LogP contribution >= 0.6 is 0 Å². The summed E-state index contributed by atoms with van der Waals surface area (Å²) in [5.74, 6) is 3.96. The number of carbonyl (C=O) groups excluding carboxylic acids is 1. The molecule has 0 N–H and O–H groups in total. The lowest BCUT2D eigenvalue weighted by Gasteiger charge is -2.54. The maximum atomic E-state index is 13.3. The van der Waals surface area contributed by atoms with Crippen LogP contribution in [0.5, 0.6) is 5.75 Å². The fourth-order valence-electron chi connectivity index (χ4n) is 6.58. The van der Waals surface area contributed by atoms with Gasteiger partial charge in [-0.05, 0) is 80.0 Å². The number of sulfonamides is 1. The standard InChI is InChI=1S/C22H30N2O4S/c1-28-19-2-4-20(5-3-19)29(26,27)24-8-6-23(7-9-24)22(25)21-17-11-15-10-16(13-17)14-18(21)12-15/h2-5,15-18,21H,6-14H2,1H3. The van der Waals surface area contributed by atoms with E-state index in [1.54, 1.807) is 31.4 Å². The molecule has 4 saturated carbocycles. The molecule has 1 aliphatic heterocycles. The Hall–Kier alpha value is -1.60. The molecule has 0 spiro atoms. The second kappa shape index (κ2) is 7.27. The first-order valence-corrected chi connectivity index (χ1v) is 12.3. The number of hydrogen-bond donors (Lipinski definition) is 0. The van der Waals surface area contributed by atoms with E-state index in [4.69, 9.17) is 4.74 Å². The first-order valence-electron chi connectivity index (χ1n) is 10.9. The largest absolute Gasteiger partial charge is 0.497 e. The van der Waals surface area contributed by atoms with Crippen molar-refractivity contribution in [2.24, 2.45) is 29.6 Å². The molecular weight excluding hydrogens is 388 g/mol. The zero-order valence-corrected chi connectivity index (χ0v) is 17.8. The van der Waals surface area contributed by atoms with E-state index in [0.717, 1.165) is 11.8 Å². The maximum absolute atomic E-state index is 13.3. The third-order valence-corrected chi connectivity index (χ3v) is 9.67. The van der Waals surface area contributed by atoms with Crippen LogP contribution in [-0.2, 0) is 14.8 Å². The number of ether oxygens (including phenoxy) is 1. The normalized spacial score (nSPS) is 34.4. The Balaban J connectivity index is 1.24. The summed E-state index contributed by atoms with van der Waals surface area (Å²) < 4.78 is 32.5. The first-order chi connectivity index (χ1) is 14.0. The van der Waals surface area contributed by atoms with E-state index in [9.17, 15) is 13.2 Å². The number of piperazine rings is 1. The molecule has 29 heavy (non-hydrogen) atoms. The molecular formula is C22H30N2O4S. The molecule has 6 rings (SSSR count). The molecule has 4 bridgehead atoms. The molecule has 5 fully saturated rings. The molecule has 0 unspecified atom stereocenters. The summed E-state index contributed by atoms with van der Waals surface area (Å²) in [6.45, 7) is 1.73. The van der Waals surface area contributed by atoms with Crippen LogP contribution in [0, 0.1) is 29.6 Å². The Kier molecular flexibility index (Phi) is 4.86. The SMILES string of the molecule is COc1ccc(S(=O)(=O)N2CCN(C(=O)C3C4CC5CC(C4)CC3C5)CC2)cc1. The van der Waals surface area contributed by atoms with Gasteiger partial charge in [-0.1, -0.05) is 0 Å². The Morgan fingerprint density at radius 2 is 1.45 bits per heavy atom. The highest BCUT2D eigenvalue weighted by Gasteiger charge is 2.51. The quantitative estimate of drug-likeness (QED) is 0.754. The van der Waals surface area contributed by atoms with Crippen molar-refractivity contribution >= 4 is 15.9 Å². The highest BCUT2D eigenvalue weighted by Crippen LogP contribution is 2.56. The monoisotopic (exact) mass is 418 g/mol. The van der Waals surface area contributed by atoms with Crippen LogP contribution in [0.2, 0.25) is 0 Å². The number of rotatable bonds is 4. The van der Waals surface area contributed by atoms with Crippen molar-refractivity contribution < 1.29 is 17.9 Å². The average Bonchev–Trinajstić information content (AvgIpc) is 2.73. The van der Waals surface area contributed by atoms with Gasteiger partial charge in [0.1, 0.15) is 5.75 Å². The van der Waals surface area contributed by atoms with Crippen molar-refractivity contribution in [3.8, 4) is 5.75 Å². The maximum Gasteiger partial charge on any atom is 0.243 e. The number of methoxy groups -OCH3 is 1. The molecule has 1 heterocycles. The lowest BCUT2D eigenvalue weighted by atomic mass is 9.51. The van der Waals surface area contributed by atoms with Crippen LogP contribution in [0.1, 0.15) is 32.1 Å². The number of carbonyl (C=O) groups is 1. The van der Waals surface area contributed by atoms with Gasteiger partial charge in [-0.2, -0.15) is 4.31 Å². The van der Waals surface area contributed by atoms with Gasteiger partial charge in [-0.15, -0.1) is 0 Å². The molecule has 1 aromatic carbocycles. The summed E-state index contributed by atoms with van der Waals surface area (Å²) >= 11 is 0. The van der Waals surface area contributed by atoms with E-state index >= 15 is 0 Å². The second-order valence-corrected chi connectivity index (χ2v) is 11.3. The van der Waals surface area contributed by atoms with Gasteiger partial charge in [0.15, 0.2) is 0 Å². The Morgan fingerprint density at radius 3 is 1.97 bits per heavy atom. The van der Waals surface area contributed by atoms with Gasteiger partial charge >= 0.3 is 0 Å². The van der Waals surface area contributed by atoms with E-state index in [2.05, 4.69) is 0 Å². The Bertz CT molecular complexity index is 847. The van der Waals surface area contributed by atoms with Crippen LogP contribution in [-0.4, -0.2) is 56.8 Å². The summed E-state index contributed by atoms with van der Waals surface area (Å²) in [7, 11) is -1.98. The zero-order valence-electron chi connectivity index (χ0n) is 17.0. The van der Waals surface area contributed by atoms with Crippen molar-refractivity contribution in [3.05, 3.63) is 24.3 Å². The molecule has 0 atom stereocenters. The predicted octanol–water partition coefficient (Wildman–Crippen LogP) is 2.60. The van der Waals surface area contributed by atoms with Gasteiger partial charge in [0.05, 0.1) is 12.0 Å². The average molecular weight is 419 g/mol. The molecule has 1 amide bonds. The van der Waals surface area contributed by atoms with Gasteiger partial charge in [0.25, 0.3) is 0 Å². The van der Waals surface area contributed by atoms with Crippen LogP contribution in [0.15, 0.2) is 29.2 Å². The van der Waals surface area contributed by atoms with Crippen LogP contribution < -0.4 is 4.74 Å². The molecule has 1 saturated heterocycles. The van der Waals surface area contributed by atoms with Gasteiger partial charge in [-0.3, -0.25) is 4.79 Å². The fraction of sp³-hybridized carbons (Fsp3) is 0.682. The molecule has 158 valence electrons. The number of hydrogen-bond acceptors (Lipinski definition) is 4. The topological polar surface area (TPSA) is 66.9 Å². The van der Waals surface area contributed by atoms with E-state index in [0.29, 0.717) is 49.7 Å². The molecule has 6 nitrogen and oxygen atoms in total. The molecule has 4 aliphatic carbocycles. The van der Waals surface area contributed by atoms with E-state index < -0.39 is 10.0 Å². The van der Waals surface area contributed by atoms with Gasteiger partial charge in [-0.25, -0.2) is 8.42 Å². The second-order valence-electron chi connectivity index (χ2n) is 9.36. The van der Waals surface area contributed by atoms with Gasteiger partial charge < -0.3 is 9.64 Å². The van der Waals surface area contributed by atoms with Crippen molar-refractivity contribution in [2.45, 2.75) is 37.0 Å². The summed E-state index contributed by atoms with van der Waals surface area (Å²) in [6.07, 6.45) is 6.31. The minimum absolute atomic E-state index is 0.188. The first kappa shape index (κ1) is 19.4. The smallest absolute Gasteiger partial charge is 0.243 e. The summed E-state index contributed by atoms with van der Waals surface area (Å²) in [5.41, 5.74) is 0. The highest BCUT2D eigenvalue weighted by atomic mass is 32.2. The summed E-state index contributed by atoms with van der Waals surface area (Å²) in [6, 6.07) is 6.50. The lowest BCUT2D eigenvalue weighted by Crippen LogP contribution is -2.56. The predicted molar refractivity (Wildman–Crippen MR) is 109 cm³/mol.